The number of thioether (sulfide) groups is 1. The highest BCUT2D eigenvalue weighted by Crippen LogP contribution is 2.19. The van der Waals surface area contributed by atoms with Gasteiger partial charge >= 0.3 is 5.97 Å². The van der Waals surface area contributed by atoms with Crippen LogP contribution in [0.1, 0.15) is 25.7 Å². The van der Waals surface area contributed by atoms with Crippen molar-refractivity contribution in [1.82, 2.24) is 15.5 Å². The summed E-state index contributed by atoms with van der Waals surface area (Å²) in [6.07, 6.45) is 2.40. The number of likely N-dealkylation sites (tertiary alicyclic amines) is 1. The second-order valence-electron chi connectivity index (χ2n) is 6.89. The van der Waals surface area contributed by atoms with Crippen molar-refractivity contribution < 1.29 is 34.2 Å². The van der Waals surface area contributed by atoms with E-state index in [9.17, 15) is 29.1 Å². The van der Waals surface area contributed by atoms with Crippen molar-refractivity contribution in [3.05, 3.63) is 0 Å². The lowest BCUT2D eigenvalue weighted by atomic mass is 10.1. The quantitative estimate of drug-likeness (QED) is 0.180. The maximum atomic E-state index is 12.8. The molecule has 0 aromatic rings. The van der Waals surface area contributed by atoms with Gasteiger partial charge in [-0.1, -0.05) is 0 Å². The summed E-state index contributed by atoms with van der Waals surface area (Å²) in [5, 5.41) is 23.3. The molecule has 0 spiro atoms. The molecule has 0 aromatic carbocycles. The Hall–Kier alpha value is -2.38. The van der Waals surface area contributed by atoms with Crippen molar-refractivity contribution in [3.63, 3.8) is 0 Å². The van der Waals surface area contributed by atoms with Gasteiger partial charge in [-0.3, -0.25) is 19.2 Å². The summed E-state index contributed by atoms with van der Waals surface area (Å²) < 4.78 is 0. The molecule has 12 nitrogen and oxygen atoms in total. The Morgan fingerprint density at radius 2 is 1.87 bits per heavy atom. The van der Waals surface area contributed by atoms with Gasteiger partial charge in [0.15, 0.2) is 0 Å². The summed E-state index contributed by atoms with van der Waals surface area (Å²) in [5.74, 6) is -3.71. The molecule has 4 atom stereocenters. The van der Waals surface area contributed by atoms with Gasteiger partial charge in [0.2, 0.25) is 23.6 Å². The van der Waals surface area contributed by atoms with Gasteiger partial charge in [0.1, 0.15) is 18.1 Å². The third kappa shape index (κ3) is 7.46. The maximum Gasteiger partial charge on any atom is 0.326 e. The number of carboxylic acids is 1. The van der Waals surface area contributed by atoms with Gasteiger partial charge in [-0.2, -0.15) is 11.8 Å². The number of aliphatic hydroxyl groups is 1. The normalized spacial score (nSPS) is 18.9. The van der Waals surface area contributed by atoms with E-state index in [2.05, 4.69) is 10.6 Å². The predicted molar refractivity (Wildman–Crippen MR) is 108 cm³/mol. The fourth-order valence-electron chi connectivity index (χ4n) is 3.01. The smallest absolute Gasteiger partial charge is 0.326 e. The van der Waals surface area contributed by atoms with Gasteiger partial charge in [-0.15, -0.1) is 0 Å². The molecule has 4 unspecified atom stereocenters. The fourth-order valence-corrected chi connectivity index (χ4v) is 3.50. The zero-order chi connectivity index (χ0) is 22.8. The van der Waals surface area contributed by atoms with Crippen LogP contribution in [-0.4, -0.2) is 94.0 Å². The molecule has 1 saturated heterocycles. The molecule has 1 rings (SSSR count). The van der Waals surface area contributed by atoms with E-state index in [4.69, 9.17) is 16.6 Å². The van der Waals surface area contributed by atoms with Crippen LogP contribution >= 0.6 is 11.8 Å². The molecule has 13 heteroatoms. The van der Waals surface area contributed by atoms with Crippen molar-refractivity contribution in [2.75, 3.05) is 25.2 Å². The van der Waals surface area contributed by atoms with Crippen LogP contribution in [0, 0.1) is 0 Å². The van der Waals surface area contributed by atoms with Gasteiger partial charge < -0.3 is 37.2 Å². The van der Waals surface area contributed by atoms with Crippen molar-refractivity contribution in [2.45, 2.75) is 49.9 Å². The van der Waals surface area contributed by atoms with Crippen LogP contribution in [0.4, 0.5) is 0 Å². The Bertz CT molecular complexity index is 662. The highest BCUT2D eigenvalue weighted by Gasteiger charge is 2.39. The zero-order valence-electron chi connectivity index (χ0n) is 16.7. The lowest BCUT2D eigenvalue weighted by Gasteiger charge is -2.29. The minimum Gasteiger partial charge on any atom is -0.480 e. The molecule has 170 valence electrons. The molecular formula is C17H29N5O7S. The molecule has 0 aliphatic carbocycles. The Morgan fingerprint density at radius 1 is 1.20 bits per heavy atom. The standard InChI is InChI=1S/C17H29N5O7S/c1-30-6-4-9(18)14(25)21-11(8-23)16(27)22-5-2-3-12(22)15(26)20-10(17(28)29)7-13(19)24/h9-12,23H,2-8,18H2,1H3,(H2,19,24)(H,20,26)(H,21,25)(H,28,29). The van der Waals surface area contributed by atoms with E-state index >= 15 is 0 Å². The average molecular weight is 448 g/mol. The van der Waals surface area contributed by atoms with E-state index < -0.39 is 66.8 Å². The summed E-state index contributed by atoms with van der Waals surface area (Å²) >= 11 is 1.51. The first kappa shape index (κ1) is 25.7. The second-order valence-corrected chi connectivity index (χ2v) is 7.88. The summed E-state index contributed by atoms with van der Waals surface area (Å²) in [6.45, 7) is -0.501. The molecule has 30 heavy (non-hydrogen) atoms. The monoisotopic (exact) mass is 447 g/mol. The molecular weight excluding hydrogens is 418 g/mol. The number of carboxylic acid groups (broad SMARTS) is 1. The van der Waals surface area contributed by atoms with Crippen LogP contribution in [0.15, 0.2) is 0 Å². The molecule has 0 bridgehead atoms. The first-order chi connectivity index (χ1) is 14.1. The molecule has 1 aliphatic rings. The Morgan fingerprint density at radius 3 is 2.40 bits per heavy atom. The molecule has 1 heterocycles. The topological polar surface area (TPSA) is 205 Å². The van der Waals surface area contributed by atoms with Gasteiger partial charge in [0, 0.05) is 6.54 Å². The number of carbonyl (C=O) groups excluding carboxylic acids is 4. The SMILES string of the molecule is CSCCC(N)C(=O)NC(CO)C(=O)N1CCCC1C(=O)NC(CC(N)=O)C(=O)O. The number of aliphatic hydroxyl groups excluding tert-OH is 1. The summed E-state index contributed by atoms with van der Waals surface area (Å²) in [6, 6.07) is -4.65. The number of hydrogen-bond donors (Lipinski definition) is 6. The number of nitrogens with zero attached hydrogens (tertiary/aromatic N) is 1. The second kappa shape index (κ2) is 12.3. The van der Waals surface area contributed by atoms with Gasteiger partial charge in [0.05, 0.1) is 19.1 Å². The van der Waals surface area contributed by atoms with Crippen molar-refractivity contribution in [2.24, 2.45) is 11.5 Å². The highest BCUT2D eigenvalue weighted by molar-refractivity contribution is 7.98. The number of nitrogens with one attached hydrogen (secondary N) is 2. The molecule has 4 amide bonds. The molecule has 0 radical (unpaired) electrons. The van der Waals surface area contributed by atoms with E-state index in [0.29, 0.717) is 18.6 Å². The van der Waals surface area contributed by atoms with Crippen LogP contribution in [0.5, 0.6) is 0 Å². The number of carbonyl (C=O) groups is 5. The number of amides is 4. The summed E-state index contributed by atoms with van der Waals surface area (Å²) in [4.78, 5) is 60.9. The van der Waals surface area contributed by atoms with E-state index in [1.807, 2.05) is 6.26 Å². The van der Waals surface area contributed by atoms with Crippen LogP contribution in [0.3, 0.4) is 0 Å². The summed E-state index contributed by atoms with van der Waals surface area (Å²) in [7, 11) is 0. The number of aliphatic carboxylic acids is 1. The van der Waals surface area contributed by atoms with Gasteiger partial charge in [0.25, 0.3) is 0 Å². The minimum atomic E-state index is -1.52. The largest absolute Gasteiger partial charge is 0.480 e. The van der Waals surface area contributed by atoms with Crippen molar-refractivity contribution >= 4 is 41.4 Å². The molecule has 0 aromatic heterocycles. The average Bonchev–Trinajstić information content (AvgIpc) is 3.18. The van der Waals surface area contributed by atoms with Crippen LogP contribution < -0.4 is 22.1 Å². The summed E-state index contributed by atoms with van der Waals surface area (Å²) in [5.41, 5.74) is 10.8. The van der Waals surface area contributed by atoms with E-state index in [1.165, 1.54) is 16.7 Å². The molecule has 1 aliphatic heterocycles. The number of rotatable bonds is 12. The number of nitrogens with two attached hydrogens (primary N) is 2. The Kier molecular flexibility index (Phi) is 10.6. The first-order valence-corrected chi connectivity index (χ1v) is 10.8. The lowest BCUT2D eigenvalue weighted by Crippen LogP contribution is -2.58. The van der Waals surface area contributed by atoms with Crippen LogP contribution in [0.2, 0.25) is 0 Å². The van der Waals surface area contributed by atoms with Gasteiger partial charge in [-0.05, 0) is 31.3 Å². The highest BCUT2D eigenvalue weighted by atomic mass is 32.2. The lowest BCUT2D eigenvalue weighted by molar-refractivity contribution is -0.146. The zero-order valence-corrected chi connectivity index (χ0v) is 17.5. The molecule has 1 fully saturated rings. The number of hydrogen-bond acceptors (Lipinski definition) is 8. The molecule has 0 saturated carbocycles. The van der Waals surface area contributed by atoms with Crippen molar-refractivity contribution in [3.8, 4) is 0 Å². The van der Waals surface area contributed by atoms with E-state index in [1.54, 1.807) is 0 Å². The Labute approximate surface area is 178 Å². The maximum absolute atomic E-state index is 12.8. The van der Waals surface area contributed by atoms with E-state index in [0.717, 1.165) is 0 Å². The predicted octanol–water partition coefficient (Wildman–Crippen LogP) is -3.02. The third-order valence-electron chi connectivity index (χ3n) is 4.63. The molecule has 8 N–H and O–H groups in total. The Balaban J connectivity index is 2.81. The van der Waals surface area contributed by atoms with Crippen LogP contribution in [0.25, 0.3) is 0 Å². The van der Waals surface area contributed by atoms with E-state index in [-0.39, 0.29) is 13.0 Å². The van der Waals surface area contributed by atoms with Crippen molar-refractivity contribution in [1.29, 1.82) is 0 Å². The van der Waals surface area contributed by atoms with Crippen LogP contribution in [-0.2, 0) is 24.0 Å². The number of primary amides is 1. The third-order valence-corrected chi connectivity index (χ3v) is 5.27. The first-order valence-electron chi connectivity index (χ1n) is 9.40. The van der Waals surface area contributed by atoms with Gasteiger partial charge in [-0.25, -0.2) is 4.79 Å². The minimum absolute atomic E-state index is 0.190. The fraction of sp³-hybridized carbons (Fsp3) is 0.706.